The minimum atomic E-state index is -1.01. The first-order valence-electron chi connectivity index (χ1n) is 26.7. The molecule has 398 valence electrons. The molecule has 0 bridgehead atoms. The SMILES string of the molecule is CN(C)CCOc1ccccc1Cn1cnc2ccc(C(=O)N3CCC(CN4CCN(CC(=O)N5CCN(CC[C@H](NC(=O)C6(N)CCN(c7ncnc8[nH]ccc78)CC6)c6ccc(Cl)cc6)CC5)CC4)CC3)nc21. The highest BCUT2D eigenvalue weighted by molar-refractivity contribution is 6.30. The van der Waals surface area contributed by atoms with Gasteiger partial charge >= 0.3 is 0 Å². The number of rotatable bonds is 18. The Morgan fingerprint density at radius 2 is 1.57 bits per heavy atom. The number of piperidine rings is 2. The number of carbonyl (C=O) groups is 3. The van der Waals surface area contributed by atoms with Crippen LogP contribution >= 0.6 is 11.6 Å². The number of hydrogen-bond donors (Lipinski definition) is 3. The minimum absolute atomic E-state index is 0.0356. The van der Waals surface area contributed by atoms with Crippen LogP contribution in [-0.4, -0.2) is 208 Å². The number of anilines is 1. The molecule has 0 radical (unpaired) electrons. The number of nitrogens with two attached hydrogens (primary N) is 1. The van der Waals surface area contributed by atoms with E-state index in [1.807, 2.05) is 89.3 Å². The third kappa shape index (κ3) is 12.7. The largest absolute Gasteiger partial charge is 0.492 e. The molecule has 4 aromatic heterocycles. The Hall–Kier alpha value is -6.22. The van der Waals surface area contributed by atoms with Gasteiger partial charge < -0.3 is 49.8 Å². The number of halogens is 1. The summed E-state index contributed by atoms with van der Waals surface area (Å²) in [6.07, 6.45) is 8.81. The number of ether oxygens (including phenoxy) is 1. The first-order chi connectivity index (χ1) is 36.4. The molecule has 8 heterocycles. The molecule has 0 aliphatic carbocycles. The van der Waals surface area contributed by atoms with Gasteiger partial charge in [0.2, 0.25) is 11.8 Å². The van der Waals surface area contributed by atoms with Gasteiger partial charge in [-0.25, -0.2) is 19.9 Å². The quantitative estimate of drug-likeness (QED) is 0.111. The van der Waals surface area contributed by atoms with E-state index in [1.165, 1.54) is 0 Å². The maximum Gasteiger partial charge on any atom is 0.272 e. The van der Waals surface area contributed by atoms with E-state index in [9.17, 15) is 14.4 Å². The zero-order chi connectivity index (χ0) is 51.9. The number of amides is 3. The summed E-state index contributed by atoms with van der Waals surface area (Å²) >= 11 is 6.28. The first kappa shape index (κ1) is 52.2. The van der Waals surface area contributed by atoms with Crippen molar-refractivity contribution in [3.05, 3.63) is 107 Å². The number of nitrogens with zero attached hydrogens (tertiary/aromatic N) is 12. The molecule has 19 nitrogen and oxygen atoms in total. The second kappa shape index (κ2) is 23.8. The number of likely N-dealkylation sites (N-methyl/N-ethyl adjacent to an activating group) is 1. The number of piperazine rings is 2. The van der Waals surface area contributed by atoms with Crippen molar-refractivity contribution >= 4 is 57.3 Å². The van der Waals surface area contributed by atoms with E-state index < -0.39 is 5.54 Å². The first-order valence-corrected chi connectivity index (χ1v) is 27.1. The summed E-state index contributed by atoms with van der Waals surface area (Å²) in [5, 5.41) is 4.93. The number of likely N-dealkylation sites (tertiary alicyclic amines) is 1. The van der Waals surface area contributed by atoms with E-state index in [2.05, 4.69) is 55.8 Å². The van der Waals surface area contributed by atoms with Crippen LogP contribution in [0.2, 0.25) is 5.02 Å². The molecule has 4 N–H and O–H groups in total. The fraction of sp³-hybridized carbons (Fsp3) is 0.509. The monoisotopic (exact) mass is 1040 g/mol. The third-order valence-electron chi connectivity index (χ3n) is 15.8. The zero-order valence-electron chi connectivity index (χ0n) is 43.5. The fourth-order valence-electron chi connectivity index (χ4n) is 11.0. The van der Waals surface area contributed by atoms with Gasteiger partial charge in [-0.2, -0.15) is 0 Å². The highest BCUT2D eigenvalue weighted by Crippen LogP contribution is 2.30. The second-order valence-electron chi connectivity index (χ2n) is 21.2. The van der Waals surface area contributed by atoms with Crippen molar-refractivity contribution in [3.8, 4) is 5.75 Å². The summed E-state index contributed by atoms with van der Waals surface area (Å²) in [6.45, 7) is 13.3. The van der Waals surface area contributed by atoms with Crippen molar-refractivity contribution in [3.63, 3.8) is 0 Å². The number of aromatic nitrogens is 6. The smallest absolute Gasteiger partial charge is 0.272 e. The van der Waals surface area contributed by atoms with E-state index in [0.717, 1.165) is 111 Å². The molecule has 2 aromatic carbocycles. The molecule has 10 rings (SSSR count). The molecule has 6 aromatic rings. The van der Waals surface area contributed by atoms with Crippen LogP contribution in [0, 0.1) is 5.92 Å². The van der Waals surface area contributed by atoms with Crippen LogP contribution in [0.15, 0.2) is 85.6 Å². The minimum Gasteiger partial charge on any atom is -0.492 e. The molecule has 4 saturated heterocycles. The van der Waals surface area contributed by atoms with Gasteiger partial charge in [-0.15, -0.1) is 0 Å². The van der Waals surface area contributed by atoms with E-state index in [-0.39, 0.29) is 23.8 Å². The molecule has 4 fully saturated rings. The van der Waals surface area contributed by atoms with Crippen LogP contribution in [0.4, 0.5) is 5.82 Å². The Morgan fingerprint density at radius 3 is 2.33 bits per heavy atom. The predicted octanol–water partition coefficient (Wildman–Crippen LogP) is 4.20. The van der Waals surface area contributed by atoms with Crippen LogP contribution in [0.1, 0.15) is 59.8 Å². The molecule has 0 unspecified atom stereocenters. The highest BCUT2D eigenvalue weighted by Gasteiger charge is 2.40. The summed E-state index contributed by atoms with van der Waals surface area (Å²) in [4.78, 5) is 78.3. The normalized spacial score (nSPS) is 18.8. The Labute approximate surface area is 444 Å². The Morgan fingerprint density at radius 1 is 0.840 bits per heavy atom. The van der Waals surface area contributed by atoms with E-state index in [4.69, 9.17) is 27.1 Å². The summed E-state index contributed by atoms with van der Waals surface area (Å²) in [5.41, 5.74) is 10.6. The lowest BCUT2D eigenvalue weighted by molar-refractivity contribution is -0.134. The number of nitrogens with one attached hydrogen (secondary N) is 2. The number of imidazole rings is 1. The maximum atomic E-state index is 14.0. The van der Waals surface area contributed by atoms with Crippen molar-refractivity contribution in [1.29, 1.82) is 0 Å². The second-order valence-corrected chi connectivity index (χ2v) is 21.6. The third-order valence-corrected chi connectivity index (χ3v) is 16.1. The molecule has 4 aliphatic heterocycles. The molecule has 75 heavy (non-hydrogen) atoms. The van der Waals surface area contributed by atoms with Gasteiger partial charge in [0, 0.05) is 115 Å². The van der Waals surface area contributed by atoms with Crippen molar-refractivity contribution < 1.29 is 19.1 Å². The number of carbonyl (C=O) groups excluding carboxylic acids is 3. The van der Waals surface area contributed by atoms with Crippen molar-refractivity contribution in [1.82, 2.24) is 64.2 Å². The van der Waals surface area contributed by atoms with E-state index >= 15 is 0 Å². The molecular weight excluding hydrogens is 970 g/mol. The van der Waals surface area contributed by atoms with Gasteiger partial charge in [-0.05, 0) is 94.1 Å². The summed E-state index contributed by atoms with van der Waals surface area (Å²) in [5.74, 6) is 2.21. The Kier molecular flexibility index (Phi) is 16.6. The molecule has 4 aliphatic rings. The van der Waals surface area contributed by atoms with Crippen LogP contribution < -0.4 is 20.7 Å². The molecule has 0 spiro atoms. The van der Waals surface area contributed by atoms with Gasteiger partial charge in [-0.3, -0.25) is 24.2 Å². The number of H-pyrrole nitrogens is 1. The number of fused-ring (bicyclic) bond motifs is 2. The van der Waals surface area contributed by atoms with E-state index in [0.29, 0.717) is 101 Å². The highest BCUT2D eigenvalue weighted by atomic mass is 35.5. The Bertz CT molecular complexity index is 2880. The van der Waals surface area contributed by atoms with E-state index in [1.54, 1.807) is 18.7 Å². The van der Waals surface area contributed by atoms with Crippen LogP contribution in [-0.2, 0) is 16.1 Å². The summed E-state index contributed by atoms with van der Waals surface area (Å²) in [6, 6.07) is 21.1. The number of benzene rings is 2. The summed E-state index contributed by atoms with van der Waals surface area (Å²) in [7, 11) is 4.06. The standard InChI is InChI=1S/C55H72ClN15O4/c1-64(2)33-34-75-48-6-4-3-5-42(48)36-71-39-61-46-11-12-47(62-52(46)71)53(73)70-21-14-40(15-22-70)35-66-25-27-67(28-26-66)37-49(72)68-31-29-65(30-32-68)20-16-45(41-7-9-43(56)10-8-41)63-54(74)55(57)17-23-69(24-18-55)51-44-13-19-58-50(44)59-38-60-51/h3-13,19,38-40,45H,14-18,20-37,57H2,1-2H3,(H,63,74)(H,58,59,60)/t45-/m0/s1. The zero-order valence-corrected chi connectivity index (χ0v) is 44.2. The average Bonchev–Trinajstić information content (AvgIpc) is 4.09. The molecule has 3 amide bonds. The van der Waals surface area contributed by atoms with Gasteiger partial charge in [0.05, 0.1) is 36.4 Å². The topological polar surface area (TPSA) is 193 Å². The van der Waals surface area contributed by atoms with Crippen LogP contribution in [0.5, 0.6) is 5.75 Å². The lowest BCUT2D eigenvalue weighted by atomic mass is 9.87. The van der Waals surface area contributed by atoms with Gasteiger partial charge in [0.1, 0.15) is 41.4 Å². The van der Waals surface area contributed by atoms with Crippen LogP contribution in [0.25, 0.3) is 22.2 Å². The lowest BCUT2D eigenvalue weighted by Gasteiger charge is -2.40. The molecule has 1 atom stereocenters. The number of para-hydroxylation sites is 1. The van der Waals surface area contributed by atoms with Gasteiger partial charge in [0.15, 0.2) is 5.65 Å². The molecular formula is C55H72ClN15O4. The maximum absolute atomic E-state index is 14.0. The predicted molar refractivity (Wildman–Crippen MR) is 291 cm³/mol. The lowest BCUT2D eigenvalue weighted by Crippen LogP contribution is -2.60. The Balaban J connectivity index is 0.635. The number of hydrogen-bond acceptors (Lipinski definition) is 14. The van der Waals surface area contributed by atoms with Gasteiger partial charge in [-0.1, -0.05) is 41.9 Å². The fourth-order valence-corrected chi connectivity index (χ4v) is 11.2. The molecule has 0 saturated carbocycles. The average molecular weight is 1040 g/mol. The van der Waals surface area contributed by atoms with Crippen molar-refractivity contribution in [2.45, 2.75) is 50.2 Å². The molecule has 20 heteroatoms. The number of aromatic amines is 1. The van der Waals surface area contributed by atoms with Crippen molar-refractivity contribution in [2.75, 3.05) is 130 Å². The number of pyridine rings is 1. The van der Waals surface area contributed by atoms with Crippen molar-refractivity contribution in [2.24, 2.45) is 11.7 Å². The summed E-state index contributed by atoms with van der Waals surface area (Å²) < 4.78 is 8.10. The van der Waals surface area contributed by atoms with Gasteiger partial charge in [0.25, 0.3) is 5.91 Å². The van der Waals surface area contributed by atoms with Crippen LogP contribution in [0.3, 0.4) is 0 Å².